The topological polar surface area (TPSA) is 43.4 Å². The van der Waals surface area contributed by atoms with Crippen molar-refractivity contribution in [2.45, 2.75) is 51.4 Å². The average molecular weight is 280 g/mol. The molecule has 1 aliphatic rings. The minimum absolute atomic E-state index is 0.0354. The first-order valence-electron chi connectivity index (χ1n) is 6.94. The highest BCUT2D eigenvalue weighted by atomic mass is 28.3. The molecule has 0 aromatic carbocycles. The third-order valence-corrected chi connectivity index (χ3v) is 4.34. The van der Waals surface area contributed by atoms with Gasteiger partial charge in [-0.2, -0.15) is 0 Å². The van der Waals surface area contributed by atoms with E-state index in [1.165, 1.54) is 6.08 Å². The highest BCUT2D eigenvalue weighted by molar-refractivity contribution is 6.76. The lowest BCUT2D eigenvalue weighted by atomic mass is 9.99. The van der Waals surface area contributed by atoms with Crippen LogP contribution in [0.5, 0.6) is 0 Å². The Morgan fingerprint density at radius 2 is 2.05 bits per heavy atom. The number of carbonyl (C=O) groups is 2. The van der Waals surface area contributed by atoms with Crippen molar-refractivity contribution < 1.29 is 14.3 Å². The van der Waals surface area contributed by atoms with Gasteiger partial charge >= 0.3 is 5.97 Å². The normalized spacial score (nSPS) is 16.6. The van der Waals surface area contributed by atoms with E-state index in [-0.39, 0.29) is 11.8 Å². The zero-order valence-electron chi connectivity index (χ0n) is 12.2. The van der Waals surface area contributed by atoms with Crippen LogP contribution in [0.25, 0.3) is 0 Å². The number of allylic oxidation sites excluding steroid dienone is 2. The monoisotopic (exact) mass is 280 g/mol. The van der Waals surface area contributed by atoms with E-state index < -0.39 is 8.07 Å². The van der Waals surface area contributed by atoms with Crippen molar-refractivity contribution in [3.63, 3.8) is 0 Å². The van der Waals surface area contributed by atoms with Crippen molar-refractivity contribution in [2.24, 2.45) is 0 Å². The molecule has 0 bridgehead atoms. The average Bonchev–Trinajstić information content (AvgIpc) is 2.32. The molecular weight excluding hydrogens is 256 g/mol. The summed E-state index contributed by atoms with van der Waals surface area (Å²) in [6.45, 7) is 7.37. The van der Waals surface area contributed by atoms with Crippen LogP contribution < -0.4 is 0 Å². The van der Waals surface area contributed by atoms with Gasteiger partial charge in [-0.3, -0.25) is 4.79 Å². The fraction of sp³-hybridized carbons (Fsp3) is 0.600. The Morgan fingerprint density at radius 1 is 1.32 bits per heavy atom. The Morgan fingerprint density at radius 3 is 2.68 bits per heavy atom. The molecule has 0 amide bonds. The van der Waals surface area contributed by atoms with E-state index in [4.69, 9.17) is 4.74 Å². The Kier molecular flexibility index (Phi) is 6.22. The Bertz CT molecular complexity index is 389. The summed E-state index contributed by atoms with van der Waals surface area (Å²) in [6.07, 6.45) is 8.42. The van der Waals surface area contributed by atoms with E-state index in [9.17, 15) is 9.59 Å². The van der Waals surface area contributed by atoms with Crippen LogP contribution >= 0.6 is 0 Å². The predicted molar refractivity (Wildman–Crippen MR) is 79.8 cm³/mol. The minimum Gasteiger partial charge on any atom is -0.462 e. The van der Waals surface area contributed by atoms with Crippen LogP contribution in [0.3, 0.4) is 0 Å². The van der Waals surface area contributed by atoms with Gasteiger partial charge in [0.2, 0.25) is 0 Å². The number of hydrogen-bond donors (Lipinski definition) is 0. The molecule has 0 N–H and O–H groups in total. The Labute approximate surface area is 116 Å². The van der Waals surface area contributed by atoms with Gasteiger partial charge in [-0.05, 0) is 31.4 Å². The molecule has 106 valence electrons. The van der Waals surface area contributed by atoms with Crippen molar-refractivity contribution in [2.75, 3.05) is 6.61 Å². The molecule has 0 aliphatic heterocycles. The molecule has 1 rings (SSSR count). The maximum absolute atomic E-state index is 11.7. The second-order valence-corrected chi connectivity index (χ2v) is 11.7. The van der Waals surface area contributed by atoms with Gasteiger partial charge in [-0.15, -0.1) is 0 Å². The van der Waals surface area contributed by atoms with Crippen LogP contribution in [-0.4, -0.2) is 26.4 Å². The third kappa shape index (κ3) is 7.11. The third-order valence-electron chi connectivity index (χ3n) is 2.88. The number of ketones is 1. The molecule has 0 radical (unpaired) electrons. The largest absolute Gasteiger partial charge is 0.462 e. The number of rotatable bonds is 6. The second-order valence-electron chi connectivity index (χ2n) is 6.15. The zero-order valence-corrected chi connectivity index (χ0v) is 13.2. The molecule has 1 aliphatic carbocycles. The quantitative estimate of drug-likeness (QED) is 0.324. The van der Waals surface area contributed by atoms with Crippen LogP contribution in [0.15, 0.2) is 23.8 Å². The van der Waals surface area contributed by atoms with Crippen LogP contribution in [-0.2, 0) is 14.3 Å². The van der Waals surface area contributed by atoms with E-state index in [0.29, 0.717) is 25.0 Å². The molecule has 4 heteroatoms. The highest BCUT2D eigenvalue weighted by Crippen LogP contribution is 2.16. The maximum atomic E-state index is 11.7. The number of esters is 1. The van der Waals surface area contributed by atoms with Gasteiger partial charge in [0.05, 0.1) is 6.61 Å². The standard InChI is InChI=1S/C15H24O3Si/c1-19(2,3)11-6-4-5-10-18-15(17)13-8-7-9-14(16)12-13/h4,6,12H,5,7-11H2,1-3H3/b6-4+. The van der Waals surface area contributed by atoms with Gasteiger partial charge in [-0.25, -0.2) is 4.79 Å². The Hall–Kier alpha value is -1.16. The summed E-state index contributed by atoms with van der Waals surface area (Å²) in [4.78, 5) is 22.9. The van der Waals surface area contributed by atoms with E-state index in [1.807, 2.05) is 0 Å². The van der Waals surface area contributed by atoms with E-state index in [0.717, 1.165) is 18.9 Å². The highest BCUT2D eigenvalue weighted by Gasteiger charge is 2.17. The molecule has 0 aromatic rings. The fourth-order valence-corrected chi connectivity index (χ4v) is 2.69. The molecule has 0 atom stereocenters. The molecule has 0 spiro atoms. The molecule has 3 nitrogen and oxygen atoms in total. The van der Waals surface area contributed by atoms with Crippen LogP contribution in [0.1, 0.15) is 25.7 Å². The molecular formula is C15H24O3Si. The zero-order chi connectivity index (χ0) is 14.3. The number of carbonyl (C=O) groups excluding carboxylic acids is 2. The molecule has 0 saturated heterocycles. The summed E-state index contributed by atoms with van der Waals surface area (Å²) in [5.41, 5.74) is 0.530. The van der Waals surface area contributed by atoms with Crippen molar-refractivity contribution >= 4 is 19.8 Å². The van der Waals surface area contributed by atoms with E-state index >= 15 is 0 Å². The first kappa shape index (κ1) is 15.9. The fourth-order valence-electron chi connectivity index (χ4n) is 1.82. The minimum atomic E-state index is -1.01. The SMILES string of the molecule is C[Si](C)(C)C/C=C/CCOC(=O)C1=CC(=O)CCC1. The van der Waals surface area contributed by atoms with Crippen LogP contribution in [0.4, 0.5) is 0 Å². The molecule has 0 fully saturated rings. The summed E-state index contributed by atoms with van der Waals surface area (Å²) in [7, 11) is -1.01. The van der Waals surface area contributed by atoms with Gasteiger partial charge in [0.15, 0.2) is 5.78 Å². The second kappa shape index (κ2) is 7.43. The van der Waals surface area contributed by atoms with Gasteiger partial charge < -0.3 is 4.74 Å². The summed E-state index contributed by atoms with van der Waals surface area (Å²) >= 11 is 0. The molecule has 19 heavy (non-hydrogen) atoms. The van der Waals surface area contributed by atoms with E-state index in [1.54, 1.807) is 0 Å². The van der Waals surface area contributed by atoms with Gasteiger partial charge in [0.1, 0.15) is 0 Å². The van der Waals surface area contributed by atoms with Crippen molar-refractivity contribution in [1.82, 2.24) is 0 Å². The van der Waals surface area contributed by atoms with Crippen LogP contribution in [0, 0.1) is 0 Å². The smallest absolute Gasteiger partial charge is 0.334 e. The predicted octanol–water partition coefficient (Wildman–Crippen LogP) is 3.49. The van der Waals surface area contributed by atoms with Crippen LogP contribution in [0.2, 0.25) is 25.7 Å². The lowest BCUT2D eigenvalue weighted by molar-refractivity contribution is -0.139. The molecule has 0 heterocycles. The maximum Gasteiger partial charge on any atom is 0.334 e. The molecule has 0 aromatic heterocycles. The lowest BCUT2D eigenvalue weighted by Crippen LogP contribution is -2.17. The van der Waals surface area contributed by atoms with E-state index in [2.05, 4.69) is 31.8 Å². The van der Waals surface area contributed by atoms with Crippen molar-refractivity contribution in [3.8, 4) is 0 Å². The first-order chi connectivity index (χ1) is 8.88. The first-order valence-corrected chi connectivity index (χ1v) is 10.6. The summed E-state index contributed by atoms with van der Waals surface area (Å²) in [5, 5.41) is 0. The lowest BCUT2D eigenvalue weighted by Gasteiger charge is -2.12. The van der Waals surface area contributed by atoms with Gasteiger partial charge in [0, 0.05) is 20.1 Å². The van der Waals surface area contributed by atoms with Gasteiger partial charge in [-0.1, -0.05) is 31.8 Å². The summed E-state index contributed by atoms with van der Waals surface area (Å²) < 4.78 is 5.16. The molecule has 0 unspecified atom stereocenters. The van der Waals surface area contributed by atoms with Crippen molar-refractivity contribution in [3.05, 3.63) is 23.8 Å². The van der Waals surface area contributed by atoms with Gasteiger partial charge in [0.25, 0.3) is 0 Å². The number of hydrogen-bond acceptors (Lipinski definition) is 3. The number of ether oxygens (including phenoxy) is 1. The summed E-state index contributed by atoms with van der Waals surface area (Å²) in [6, 6.07) is 1.15. The van der Waals surface area contributed by atoms with Crippen molar-refractivity contribution in [1.29, 1.82) is 0 Å². The Balaban J connectivity index is 2.22. The summed E-state index contributed by atoms with van der Waals surface area (Å²) in [5.74, 6) is -0.292. The molecule has 0 saturated carbocycles.